The number of nitrogens with one attached hydrogen (secondary N) is 1. The Morgan fingerprint density at radius 2 is 2.25 bits per heavy atom. The minimum absolute atomic E-state index is 0.180. The molecule has 0 aromatic rings. The fraction of sp³-hybridized carbons (Fsp3) is 0.333. The molecule has 0 bridgehead atoms. The summed E-state index contributed by atoms with van der Waals surface area (Å²) in [5, 5.41) is 2.11. The lowest BCUT2D eigenvalue weighted by molar-refractivity contribution is -0.117. The molecule has 1 aliphatic rings. The topological polar surface area (TPSA) is 49.4 Å². The number of hydrogen-bond acceptors (Lipinski definition) is 2. The first-order valence-corrected chi connectivity index (χ1v) is 2.94. The van der Waals surface area contributed by atoms with E-state index >= 15 is 0 Å². The third-order valence-corrected chi connectivity index (χ3v) is 1.53. The van der Waals surface area contributed by atoms with Gasteiger partial charge in [0, 0.05) is 0 Å². The van der Waals surface area contributed by atoms with Crippen LogP contribution in [0.25, 0.3) is 0 Å². The molecule has 0 saturated carbocycles. The third kappa shape index (κ3) is 0.908. The van der Waals surface area contributed by atoms with Gasteiger partial charge in [-0.25, -0.2) is 4.79 Å². The molecule has 0 aromatic heterocycles. The van der Waals surface area contributed by atoms with Gasteiger partial charge in [-0.3, -0.25) is 13.2 Å². The Hall–Kier alpha value is -0.330. The number of halogens is 1. The van der Waals surface area contributed by atoms with Gasteiger partial charge in [0.2, 0.25) is 5.91 Å². The summed E-state index contributed by atoms with van der Waals surface area (Å²) in [6, 6.07) is -0.324. The highest BCUT2D eigenvalue weighted by Crippen LogP contribution is 2.03. The van der Waals surface area contributed by atoms with E-state index in [0.717, 1.165) is 0 Å². The molecule has 44 valence electrons. The van der Waals surface area contributed by atoms with Crippen molar-refractivity contribution >= 4 is 34.8 Å². The second kappa shape index (κ2) is 1.88. The van der Waals surface area contributed by atoms with Crippen LogP contribution in [0, 0.1) is 0 Å². The maximum atomic E-state index is 10.4. The van der Waals surface area contributed by atoms with Crippen LogP contribution in [-0.4, -0.2) is 21.6 Å². The largest absolute Gasteiger partial charge is 0.333 e. The highest BCUT2D eigenvalue weighted by Gasteiger charge is 2.23. The van der Waals surface area contributed by atoms with Crippen LogP contribution in [0.15, 0.2) is 0 Å². The normalized spacial score (nSPS) is 19.4. The molecule has 0 radical (unpaired) electrons. The van der Waals surface area contributed by atoms with Crippen LogP contribution in [0.5, 0.6) is 0 Å². The quantitative estimate of drug-likeness (QED) is 0.356. The van der Waals surface area contributed by atoms with Crippen molar-refractivity contribution in [2.45, 2.75) is 0 Å². The van der Waals surface area contributed by atoms with Crippen LogP contribution in [0.2, 0.25) is 0 Å². The van der Waals surface area contributed by atoms with E-state index in [-0.39, 0.29) is 18.5 Å². The van der Waals surface area contributed by atoms with Crippen LogP contribution >= 0.6 is 22.9 Å². The average Bonchev–Trinajstić information content (AvgIpc) is 1.85. The van der Waals surface area contributed by atoms with Crippen molar-refractivity contribution in [2.75, 3.05) is 6.54 Å². The lowest BCUT2D eigenvalue weighted by Crippen LogP contribution is -2.21. The fourth-order valence-electron chi connectivity index (χ4n) is 0.417. The molecule has 0 atom stereocenters. The molecule has 8 heavy (non-hydrogen) atoms. The Bertz CT molecular complexity index is 146. The van der Waals surface area contributed by atoms with Gasteiger partial charge in [0.25, 0.3) is 0 Å². The average molecular weight is 226 g/mol. The minimum atomic E-state index is -0.324. The van der Waals surface area contributed by atoms with Crippen LogP contribution in [0.3, 0.4) is 0 Å². The van der Waals surface area contributed by atoms with Crippen molar-refractivity contribution in [2.24, 2.45) is 0 Å². The number of imide groups is 1. The first kappa shape index (κ1) is 5.80. The molecule has 0 unspecified atom stereocenters. The monoisotopic (exact) mass is 226 g/mol. The van der Waals surface area contributed by atoms with E-state index in [1.165, 1.54) is 3.11 Å². The van der Waals surface area contributed by atoms with Crippen molar-refractivity contribution in [3.05, 3.63) is 0 Å². The zero-order valence-corrected chi connectivity index (χ0v) is 6.01. The zero-order chi connectivity index (χ0) is 6.15. The maximum Gasteiger partial charge on any atom is 0.333 e. The number of hydrogen-bond donors (Lipinski definition) is 1. The molecule has 1 heterocycles. The summed E-state index contributed by atoms with van der Waals surface area (Å²) < 4.78 is 1.29. The van der Waals surface area contributed by atoms with Crippen molar-refractivity contribution in [1.29, 1.82) is 0 Å². The van der Waals surface area contributed by atoms with Crippen molar-refractivity contribution in [3.8, 4) is 0 Å². The summed E-state index contributed by atoms with van der Waals surface area (Å²) in [4.78, 5) is 20.7. The van der Waals surface area contributed by atoms with Crippen molar-refractivity contribution in [1.82, 2.24) is 8.43 Å². The third-order valence-electron chi connectivity index (χ3n) is 0.749. The van der Waals surface area contributed by atoms with Crippen molar-refractivity contribution < 1.29 is 9.59 Å². The van der Waals surface area contributed by atoms with E-state index in [2.05, 4.69) is 5.32 Å². The molecule has 0 aliphatic carbocycles. The maximum absolute atomic E-state index is 10.4. The van der Waals surface area contributed by atoms with E-state index in [4.69, 9.17) is 0 Å². The summed E-state index contributed by atoms with van der Waals surface area (Å²) in [5.41, 5.74) is 0. The van der Waals surface area contributed by atoms with E-state index in [9.17, 15) is 9.59 Å². The minimum Gasteiger partial charge on any atom is -0.276 e. The van der Waals surface area contributed by atoms with Crippen LogP contribution in [0.1, 0.15) is 0 Å². The first-order chi connectivity index (χ1) is 3.70. The zero-order valence-electron chi connectivity index (χ0n) is 3.85. The highest BCUT2D eigenvalue weighted by atomic mass is 127. The molecule has 5 heteroatoms. The van der Waals surface area contributed by atoms with E-state index in [1.807, 2.05) is 0 Å². The Morgan fingerprint density at radius 3 is 2.38 bits per heavy atom. The number of carbonyl (C=O) groups excluding carboxylic acids is 2. The number of carbonyl (C=O) groups is 2. The van der Waals surface area contributed by atoms with Gasteiger partial charge in [-0.05, 0) is 0 Å². The standard InChI is InChI=1S/C3H3IN2O2/c4-6-1-2(7)5-3(6)8/h1H2,(H,5,7,8). The van der Waals surface area contributed by atoms with E-state index in [0.29, 0.717) is 0 Å². The second-order valence-electron chi connectivity index (χ2n) is 1.37. The molecule has 1 N–H and O–H groups in total. The van der Waals surface area contributed by atoms with Crippen LogP contribution < -0.4 is 5.32 Å². The lowest BCUT2D eigenvalue weighted by atomic mass is 10.7. The lowest BCUT2D eigenvalue weighted by Gasteiger charge is -1.95. The van der Waals surface area contributed by atoms with Crippen LogP contribution in [-0.2, 0) is 4.79 Å². The highest BCUT2D eigenvalue weighted by molar-refractivity contribution is 14.1. The summed E-state index contributed by atoms with van der Waals surface area (Å²) in [7, 11) is 0. The SMILES string of the molecule is O=C1CN(I)C(=O)N1. The molecule has 0 aromatic carbocycles. The Morgan fingerprint density at radius 1 is 1.62 bits per heavy atom. The molecule has 1 fully saturated rings. The smallest absolute Gasteiger partial charge is 0.276 e. The van der Waals surface area contributed by atoms with Crippen molar-refractivity contribution in [3.63, 3.8) is 0 Å². The molecule has 4 nitrogen and oxygen atoms in total. The fourth-order valence-corrected chi connectivity index (χ4v) is 0.848. The van der Waals surface area contributed by atoms with Gasteiger partial charge in [0.1, 0.15) is 6.54 Å². The van der Waals surface area contributed by atoms with Gasteiger partial charge in [-0.15, -0.1) is 0 Å². The van der Waals surface area contributed by atoms with Gasteiger partial charge in [-0.1, -0.05) is 0 Å². The molecular formula is C3H3IN2O2. The van der Waals surface area contributed by atoms with Gasteiger partial charge >= 0.3 is 6.03 Å². The first-order valence-electron chi connectivity index (χ1n) is 1.97. The van der Waals surface area contributed by atoms with Gasteiger partial charge < -0.3 is 0 Å². The van der Waals surface area contributed by atoms with E-state index < -0.39 is 0 Å². The van der Waals surface area contributed by atoms with Crippen LogP contribution in [0.4, 0.5) is 4.79 Å². The molecule has 1 rings (SSSR count). The number of urea groups is 1. The van der Waals surface area contributed by atoms with Gasteiger partial charge in [-0.2, -0.15) is 0 Å². The Kier molecular flexibility index (Phi) is 1.37. The second-order valence-corrected chi connectivity index (χ2v) is 2.54. The van der Waals surface area contributed by atoms with E-state index in [1.54, 1.807) is 22.9 Å². The number of rotatable bonds is 0. The van der Waals surface area contributed by atoms with Gasteiger partial charge in [0.15, 0.2) is 0 Å². The Labute approximate surface area is 59.7 Å². The summed E-state index contributed by atoms with van der Waals surface area (Å²) in [5.74, 6) is -0.232. The summed E-state index contributed by atoms with van der Waals surface area (Å²) in [6.45, 7) is 0.180. The summed E-state index contributed by atoms with van der Waals surface area (Å²) in [6.07, 6.45) is 0. The molecule has 0 spiro atoms. The summed E-state index contributed by atoms with van der Waals surface area (Å²) >= 11 is 1.77. The number of nitrogens with zero attached hydrogens (tertiary/aromatic N) is 1. The predicted molar refractivity (Wildman–Crippen MR) is 34.3 cm³/mol. The number of amides is 3. The molecular weight excluding hydrogens is 223 g/mol. The molecule has 1 aliphatic heterocycles. The molecule has 3 amide bonds. The molecule has 1 saturated heterocycles. The Balaban J connectivity index is 2.64. The van der Waals surface area contributed by atoms with Gasteiger partial charge in [0.05, 0.1) is 22.9 Å². The predicted octanol–water partition coefficient (Wildman–Crippen LogP) is -0.112.